The Labute approximate surface area is 141 Å². The zero-order valence-electron chi connectivity index (χ0n) is 12.7. The molecule has 1 N–H and O–H groups in total. The molecule has 0 saturated carbocycles. The van der Waals surface area contributed by atoms with Gasteiger partial charge in [0.05, 0.1) is 13.2 Å². The van der Waals surface area contributed by atoms with Crippen LogP contribution in [-0.4, -0.2) is 25.6 Å². The lowest BCUT2D eigenvalue weighted by atomic mass is 10.1. The van der Waals surface area contributed by atoms with Crippen LogP contribution in [0.1, 0.15) is 29.1 Å². The molecule has 1 atom stereocenters. The van der Waals surface area contributed by atoms with E-state index in [9.17, 15) is 9.59 Å². The first-order valence-corrected chi connectivity index (χ1v) is 7.64. The number of esters is 1. The molecule has 2 aromatic rings. The molecule has 0 bridgehead atoms. The molecule has 1 aromatic heterocycles. The Morgan fingerprint density at radius 1 is 1.30 bits per heavy atom. The summed E-state index contributed by atoms with van der Waals surface area (Å²) in [6.45, 7) is 1.45. The Morgan fingerprint density at radius 3 is 2.74 bits per heavy atom. The molecule has 0 aliphatic rings. The predicted molar refractivity (Wildman–Crippen MR) is 86.2 cm³/mol. The van der Waals surface area contributed by atoms with Crippen molar-refractivity contribution in [2.24, 2.45) is 0 Å². The summed E-state index contributed by atoms with van der Waals surface area (Å²) in [4.78, 5) is 23.5. The summed E-state index contributed by atoms with van der Waals surface area (Å²) in [7, 11) is 1.58. The van der Waals surface area contributed by atoms with Crippen molar-refractivity contribution in [3.63, 3.8) is 0 Å². The molecule has 1 unspecified atom stereocenters. The number of rotatable bonds is 6. The molecular weight excluding hydrogens is 366 g/mol. The number of halogens is 1. The first-order valence-electron chi connectivity index (χ1n) is 6.85. The largest absolute Gasteiger partial charge is 0.497 e. The zero-order chi connectivity index (χ0) is 16.8. The summed E-state index contributed by atoms with van der Waals surface area (Å²) in [6.07, 6.45) is 0. The van der Waals surface area contributed by atoms with Gasteiger partial charge in [0.15, 0.2) is 11.3 Å². The molecule has 0 fully saturated rings. The van der Waals surface area contributed by atoms with Crippen LogP contribution in [0.4, 0.5) is 0 Å². The summed E-state index contributed by atoms with van der Waals surface area (Å²) in [6, 6.07) is 10.2. The summed E-state index contributed by atoms with van der Waals surface area (Å²) >= 11 is 3.09. The third-order valence-corrected chi connectivity index (χ3v) is 3.51. The third kappa shape index (κ3) is 4.85. The van der Waals surface area contributed by atoms with Crippen molar-refractivity contribution in [3.8, 4) is 5.75 Å². The molecular formula is C16H16BrNO5. The number of hydrogen-bond acceptors (Lipinski definition) is 5. The summed E-state index contributed by atoms with van der Waals surface area (Å²) in [5.74, 6) is -0.358. The molecule has 2 rings (SSSR count). The van der Waals surface area contributed by atoms with Crippen LogP contribution in [0.2, 0.25) is 0 Å². The van der Waals surface area contributed by atoms with Crippen LogP contribution < -0.4 is 10.1 Å². The van der Waals surface area contributed by atoms with Gasteiger partial charge in [-0.05, 0) is 52.7 Å². The molecule has 0 saturated heterocycles. The predicted octanol–water partition coefficient (Wildman–Crippen LogP) is 3.08. The van der Waals surface area contributed by atoms with Gasteiger partial charge in [-0.1, -0.05) is 12.1 Å². The number of ether oxygens (including phenoxy) is 2. The highest BCUT2D eigenvalue weighted by Crippen LogP contribution is 2.18. The number of methoxy groups -OCH3 is 1. The fraction of sp³-hybridized carbons (Fsp3) is 0.250. The van der Waals surface area contributed by atoms with Gasteiger partial charge >= 0.3 is 5.97 Å². The lowest BCUT2D eigenvalue weighted by molar-refractivity contribution is -0.124. The summed E-state index contributed by atoms with van der Waals surface area (Å²) in [5.41, 5.74) is 0.888. The van der Waals surface area contributed by atoms with Crippen LogP contribution in [-0.2, 0) is 9.53 Å². The molecule has 0 radical (unpaired) electrons. The zero-order valence-corrected chi connectivity index (χ0v) is 14.3. The smallest absolute Gasteiger partial charge is 0.374 e. The third-order valence-electron chi connectivity index (χ3n) is 3.08. The van der Waals surface area contributed by atoms with E-state index in [1.807, 2.05) is 31.2 Å². The topological polar surface area (TPSA) is 77.8 Å². The second kappa shape index (κ2) is 7.82. The average molecular weight is 382 g/mol. The Hall–Kier alpha value is -2.28. The fourth-order valence-corrected chi connectivity index (χ4v) is 2.21. The van der Waals surface area contributed by atoms with Gasteiger partial charge in [0, 0.05) is 0 Å². The van der Waals surface area contributed by atoms with E-state index in [1.54, 1.807) is 13.2 Å². The Morgan fingerprint density at radius 2 is 2.09 bits per heavy atom. The van der Waals surface area contributed by atoms with E-state index in [0.717, 1.165) is 5.56 Å². The molecule has 7 heteroatoms. The maximum Gasteiger partial charge on any atom is 0.374 e. The molecule has 1 aromatic carbocycles. The molecule has 23 heavy (non-hydrogen) atoms. The normalized spacial score (nSPS) is 11.6. The van der Waals surface area contributed by atoms with E-state index in [-0.39, 0.29) is 18.4 Å². The van der Waals surface area contributed by atoms with Gasteiger partial charge < -0.3 is 19.2 Å². The molecule has 1 amide bonds. The van der Waals surface area contributed by atoms with Crippen molar-refractivity contribution < 1.29 is 23.5 Å². The van der Waals surface area contributed by atoms with Crippen molar-refractivity contribution >= 4 is 27.8 Å². The van der Waals surface area contributed by atoms with Crippen LogP contribution in [0.3, 0.4) is 0 Å². The highest BCUT2D eigenvalue weighted by atomic mass is 79.9. The average Bonchev–Trinajstić information content (AvgIpc) is 2.99. The van der Waals surface area contributed by atoms with Crippen molar-refractivity contribution in [1.82, 2.24) is 5.32 Å². The van der Waals surface area contributed by atoms with Crippen molar-refractivity contribution in [2.75, 3.05) is 13.7 Å². The van der Waals surface area contributed by atoms with Crippen LogP contribution >= 0.6 is 15.9 Å². The van der Waals surface area contributed by atoms with E-state index in [1.165, 1.54) is 6.07 Å². The van der Waals surface area contributed by atoms with Crippen LogP contribution in [0.5, 0.6) is 5.75 Å². The minimum absolute atomic E-state index is 0.0329. The highest BCUT2D eigenvalue weighted by molar-refractivity contribution is 9.10. The van der Waals surface area contributed by atoms with Crippen molar-refractivity contribution in [3.05, 3.63) is 52.4 Å². The highest BCUT2D eigenvalue weighted by Gasteiger charge is 2.15. The van der Waals surface area contributed by atoms with E-state index >= 15 is 0 Å². The maximum atomic E-state index is 11.9. The molecule has 6 nitrogen and oxygen atoms in total. The van der Waals surface area contributed by atoms with Crippen LogP contribution in [0.25, 0.3) is 0 Å². The molecule has 1 heterocycles. The lowest BCUT2D eigenvalue weighted by Crippen LogP contribution is -2.31. The number of carbonyl (C=O) groups excluding carboxylic acids is 2. The summed E-state index contributed by atoms with van der Waals surface area (Å²) in [5, 5.41) is 2.75. The molecule has 0 aliphatic heterocycles. The van der Waals surface area contributed by atoms with Gasteiger partial charge in [-0.25, -0.2) is 4.79 Å². The van der Waals surface area contributed by atoms with Gasteiger partial charge in [-0.3, -0.25) is 4.79 Å². The fourth-order valence-electron chi connectivity index (χ4n) is 1.90. The van der Waals surface area contributed by atoms with Gasteiger partial charge in [0.25, 0.3) is 5.91 Å². The second-order valence-corrected chi connectivity index (χ2v) is 5.53. The molecule has 122 valence electrons. The Bertz CT molecular complexity index is 697. The van der Waals surface area contributed by atoms with Gasteiger partial charge in [0.1, 0.15) is 5.75 Å². The van der Waals surface area contributed by atoms with E-state index in [2.05, 4.69) is 21.2 Å². The second-order valence-electron chi connectivity index (χ2n) is 4.75. The monoisotopic (exact) mass is 381 g/mol. The van der Waals surface area contributed by atoms with Gasteiger partial charge in [-0.15, -0.1) is 0 Å². The maximum absolute atomic E-state index is 11.9. The number of carbonyl (C=O) groups is 2. The lowest BCUT2D eigenvalue weighted by Gasteiger charge is -2.15. The number of nitrogens with one attached hydrogen (secondary N) is 1. The standard InChI is InChI=1S/C16H16BrNO5/c1-10(11-4-3-5-12(8-11)21-2)18-15(19)9-22-16(20)13-6-7-14(17)23-13/h3-8,10H,9H2,1-2H3,(H,18,19). The Balaban J connectivity index is 1.85. The van der Waals surface area contributed by atoms with E-state index in [0.29, 0.717) is 10.4 Å². The van der Waals surface area contributed by atoms with E-state index < -0.39 is 11.9 Å². The molecule has 0 spiro atoms. The quantitative estimate of drug-likeness (QED) is 0.777. The number of benzene rings is 1. The Kier molecular flexibility index (Phi) is 5.81. The van der Waals surface area contributed by atoms with E-state index in [4.69, 9.17) is 13.9 Å². The summed E-state index contributed by atoms with van der Waals surface area (Å²) < 4.78 is 15.5. The van der Waals surface area contributed by atoms with Gasteiger partial charge in [0.2, 0.25) is 5.76 Å². The van der Waals surface area contributed by atoms with Crippen molar-refractivity contribution in [1.29, 1.82) is 0 Å². The SMILES string of the molecule is COc1cccc(C(C)NC(=O)COC(=O)c2ccc(Br)o2)c1. The first-order chi connectivity index (χ1) is 11.0. The molecule has 0 aliphatic carbocycles. The van der Waals surface area contributed by atoms with Crippen LogP contribution in [0, 0.1) is 0 Å². The van der Waals surface area contributed by atoms with Crippen LogP contribution in [0.15, 0.2) is 45.5 Å². The minimum atomic E-state index is -0.695. The minimum Gasteiger partial charge on any atom is -0.497 e. The number of hydrogen-bond donors (Lipinski definition) is 1. The first kappa shape index (κ1) is 17.1. The number of amides is 1. The van der Waals surface area contributed by atoms with Gasteiger partial charge in [-0.2, -0.15) is 0 Å². The van der Waals surface area contributed by atoms with Crippen molar-refractivity contribution in [2.45, 2.75) is 13.0 Å². The number of furan rings is 1.